The zero-order valence-electron chi connectivity index (χ0n) is 13.4. The molecule has 0 aliphatic carbocycles. The maximum atomic E-state index is 12.0. The average Bonchev–Trinajstić information content (AvgIpc) is 2.97. The lowest BCUT2D eigenvalue weighted by Gasteiger charge is -2.15. The van der Waals surface area contributed by atoms with Crippen molar-refractivity contribution in [2.45, 2.75) is 19.9 Å². The third-order valence-corrected chi connectivity index (χ3v) is 4.84. The fourth-order valence-electron chi connectivity index (χ4n) is 2.87. The van der Waals surface area contributed by atoms with Gasteiger partial charge in [0.15, 0.2) is 0 Å². The molecule has 0 saturated carbocycles. The van der Waals surface area contributed by atoms with E-state index in [9.17, 15) is 4.79 Å². The summed E-state index contributed by atoms with van der Waals surface area (Å²) in [6, 6.07) is 16.1. The molecule has 0 aliphatic rings. The summed E-state index contributed by atoms with van der Waals surface area (Å²) in [7, 11) is 0. The Kier molecular flexibility index (Phi) is 3.54. The highest BCUT2D eigenvalue weighted by Gasteiger charge is 2.13. The quantitative estimate of drug-likeness (QED) is 0.618. The van der Waals surface area contributed by atoms with Gasteiger partial charge in [0, 0.05) is 11.8 Å². The molecule has 6 heteroatoms. The summed E-state index contributed by atoms with van der Waals surface area (Å²) >= 11 is 1.38. The molecule has 0 aliphatic heterocycles. The molecule has 0 bridgehead atoms. The highest BCUT2D eigenvalue weighted by atomic mass is 32.1. The van der Waals surface area contributed by atoms with Crippen LogP contribution in [-0.2, 0) is 0 Å². The first-order valence-electron chi connectivity index (χ1n) is 7.73. The molecule has 1 atom stereocenters. The Bertz CT molecular complexity index is 1090. The van der Waals surface area contributed by atoms with Crippen molar-refractivity contribution in [2.24, 2.45) is 0 Å². The van der Waals surface area contributed by atoms with Gasteiger partial charge in [-0.05, 0) is 30.2 Å². The van der Waals surface area contributed by atoms with Gasteiger partial charge in [-0.2, -0.15) is 4.52 Å². The van der Waals surface area contributed by atoms with E-state index in [1.807, 2.05) is 19.1 Å². The summed E-state index contributed by atoms with van der Waals surface area (Å²) < 4.78 is 1.34. The van der Waals surface area contributed by atoms with Crippen LogP contribution in [-0.4, -0.2) is 14.6 Å². The molecule has 2 aromatic heterocycles. The van der Waals surface area contributed by atoms with Crippen molar-refractivity contribution >= 4 is 32.2 Å². The highest BCUT2D eigenvalue weighted by Crippen LogP contribution is 2.28. The fraction of sp³-hybridized carbons (Fsp3) is 0.167. The summed E-state index contributed by atoms with van der Waals surface area (Å²) in [4.78, 5) is 17.0. The number of rotatable bonds is 3. The molecule has 120 valence electrons. The first kappa shape index (κ1) is 14.8. The van der Waals surface area contributed by atoms with Crippen molar-refractivity contribution in [3.8, 4) is 0 Å². The highest BCUT2D eigenvalue weighted by molar-refractivity contribution is 7.20. The monoisotopic (exact) mass is 336 g/mol. The largest absolute Gasteiger partial charge is 0.354 e. The van der Waals surface area contributed by atoms with E-state index in [0.717, 1.165) is 0 Å². The Morgan fingerprint density at radius 3 is 2.83 bits per heavy atom. The van der Waals surface area contributed by atoms with Gasteiger partial charge < -0.3 is 5.32 Å². The lowest BCUT2D eigenvalue weighted by Crippen LogP contribution is -2.15. The molecule has 2 heterocycles. The number of aromatic nitrogens is 3. The van der Waals surface area contributed by atoms with Crippen LogP contribution < -0.4 is 10.9 Å². The molecule has 1 unspecified atom stereocenters. The van der Waals surface area contributed by atoms with Crippen LogP contribution in [0.3, 0.4) is 0 Å². The number of fused-ring (bicyclic) bond motifs is 2. The maximum absolute atomic E-state index is 12.0. The van der Waals surface area contributed by atoms with Crippen LogP contribution >= 0.6 is 11.3 Å². The van der Waals surface area contributed by atoms with Crippen LogP contribution in [0.15, 0.2) is 53.3 Å². The third kappa shape index (κ3) is 2.55. The van der Waals surface area contributed by atoms with Gasteiger partial charge in [0.1, 0.15) is 0 Å². The second-order valence-electron chi connectivity index (χ2n) is 5.77. The molecular weight excluding hydrogens is 320 g/mol. The molecule has 0 radical (unpaired) electrons. The Hall–Kier alpha value is -2.73. The van der Waals surface area contributed by atoms with Crippen LogP contribution in [0.4, 0.5) is 5.13 Å². The lowest BCUT2D eigenvalue weighted by atomic mass is 10.00. The Morgan fingerprint density at radius 2 is 1.96 bits per heavy atom. The number of hydrogen-bond acceptors (Lipinski definition) is 5. The summed E-state index contributed by atoms with van der Waals surface area (Å²) in [6.07, 6.45) is 0. The van der Waals surface area contributed by atoms with Gasteiger partial charge in [-0.25, -0.2) is 4.98 Å². The maximum Gasteiger partial charge on any atom is 0.275 e. The molecule has 4 rings (SSSR count). The van der Waals surface area contributed by atoms with Gasteiger partial charge in [-0.15, -0.1) is 5.10 Å². The van der Waals surface area contributed by atoms with Crippen molar-refractivity contribution < 1.29 is 0 Å². The standard InChI is InChI=1S/C18H16N4OS/c1-11-10-16(23)22-18(19-11)24-17(21-22)20-12(2)14-9-5-7-13-6-3-4-8-15(13)14/h3-10,12H,1-2H3,(H,20,21). The summed E-state index contributed by atoms with van der Waals surface area (Å²) in [5.41, 5.74) is 1.75. The van der Waals surface area contributed by atoms with Crippen molar-refractivity contribution in [2.75, 3.05) is 5.32 Å². The summed E-state index contributed by atoms with van der Waals surface area (Å²) in [5, 5.41) is 10.9. The van der Waals surface area contributed by atoms with E-state index >= 15 is 0 Å². The minimum atomic E-state index is -0.153. The van der Waals surface area contributed by atoms with E-state index in [1.54, 1.807) is 0 Å². The summed E-state index contributed by atoms with van der Waals surface area (Å²) in [5.74, 6) is 0. The second-order valence-corrected chi connectivity index (χ2v) is 6.73. The molecule has 1 N–H and O–H groups in total. The van der Waals surface area contributed by atoms with Crippen LogP contribution in [0.25, 0.3) is 15.7 Å². The van der Waals surface area contributed by atoms with E-state index in [1.165, 1.54) is 38.3 Å². The van der Waals surface area contributed by atoms with Gasteiger partial charge in [-0.1, -0.05) is 53.8 Å². The van der Waals surface area contributed by atoms with Crippen molar-refractivity contribution in [3.05, 3.63) is 70.1 Å². The minimum Gasteiger partial charge on any atom is -0.354 e. The van der Waals surface area contributed by atoms with Gasteiger partial charge in [0.2, 0.25) is 10.1 Å². The van der Waals surface area contributed by atoms with Crippen LogP contribution in [0.1, 0.15) is 24.2 Å². The lowest BCUT2D eigenvalue weighted by molar-refractivity contribution is 0.849. The number of nitrogens with zero attached hydrogens (tertiary/aromatic N) is 3. The Labute approximate surface area is 142 Å². The Balaban J connectivity index is 1.72. The van der Waals surface area contributed by atoms with Crippen molar-refractivity contribution in [1.82, 2.24) is 14.6 Å². The number of aryl methyl sites for hydroxylation is 1. The molecule has 0 amide bonds. The fourth-order valence-corrected chi connectivity index (χ4v) is 3.81. The van der Waals surface area contributed by atoms with E-state index in [0.29, 0.717) is 15.8 Å². The third-order valence-electron chi connectivity index (χ3n) is 4.00. The van der Waals surface area contributed by atoms with E-state index < -0.39 is 0 Å². The van der Waals surface area contributed by atoms with Crippen LogP contribution in [0.5, 0.6) is 0 Å². The average molecular weight is 336 g/mol. The second kappa shape index (κ2) is 5.72. The first-order valence-corrected chi connectivity index (χ1v) is 8.55. The molecule has 24 heavy (non-hydrogen) atoms. The Morgan fingerprint density at radius 1 is 1.17 bits per heavy atom. The zero-order chi connectivity index (χ0) is 16.7. The van der Waals surface area contributed by atoms with Crippen LogP contribution in [0.2, 0.25) is 0 Å². The van der Waals surface area contributed by atoms with Gasteiger partial charge in [0.05, 0.1) is 6.04 Å². The van der Waals surface area contributed by atoms with Crippen molar-refractivity contribution in [1.29, 1.82) is 0 Å². The molecule has 0 saturated heterocycles. The van der Waals surface area contributed by atoms with Gasteiger partial charge in [0.25, 0.3) is 5.56 Å². The number of hydrogen-bond donors (Lipinski definition) is 1. The van der Waals surface area contributed by atoms with Crippen molar-refractivity contribution in [3.63, 3.8) is 0 Å². The van der Waals surface area contributed by atoms with Gasteiger partial charge >= 0.3 is 0 Å². The van der Waals surface area contributed by atoms with Crippen LogP contribution in [0, 0.1) is 6.92 Å². The molecule has 2 aromatic carbocycles. The zero-order valence-corrected chi connectivity index (χ0v) is 14.2. The predicted octanol–water partition coefficient (Wildman–Crippen LogP) is 3.79. The smallest absolute Gasteiger partial charge is 0.275 e. The molecule has 5 nitrogen and oxygen atoms in total. The SMILES string of the molecule is Cc1cc(=O)n2nc(NC(C)c3cccc4ccccc34)sc2n1. The number of nitrogens with one attached hydrogen (secondary N) is 1. The molecule has 4 aromatic rings. The normalized spacial score (nSPS) is 12.6. The molecular formula is C18H16N4OS. The summed E-state index contributed by atoms with van der Waals surface area (Å²) in [6.45, 7) is 3.91. The topological polar surface area (TPSA) is 59.3 Å². The number of anilines is 1. The van der Waals surface area contributed by atoms with Gasteiger partial charge in [-0.3, -0.25) is 4.79 Å². The first-order chi connectivity index (χ1) is 11.6. The minimum absolute atomic E-state index is 0.0634. The molecule has 0 spiro atoms. The van der Waals surface area contributed by atoms with E-state index in [2.05, 4.69) is 52.7 Å². The van der Waals surface area contributed by atoms with E-state index in [4.69, 9.17) is 0 Å². The van der Waals surface area contributed by atoms with E-state index in [-0.39, 0.29) is 11.6 Å². The predicted molar refractivity (Wildman–Crippen MR) is 97.9 cm³/mol. The molecule has 0 fully saturated rings. The number of benzene rings is 2.